The van der Waals surface area contributed by atoms with Gasteiger partial charge in [0.05, 0.1) is 5.02 Å². The topological polar surface area (TPSA) is 32.3 Å². The first-order valence-electron chi connectivity index (χ1n) is 5.65. The van der Waals surface area contributed by atoms with Crippen molar-refractivity contribution in [2.45, 2.75) is 13.5 Å². The highest BCUT2D eigenvalue weighted by Gasteiger charge is 2.09. The number of nitrogens with one attached hydrogen (secondary N) is 1. The van der Waals surface area contributed by atoms with E-state index in [0.29, 0.717) is 17.1 Å². The third-order valence-corrected chi connectivity index (χ3v) is 4.33. The number of hydrogen-bond donors (Lipinski definition) is 2. The van der Waals surface area contributed by atoms with Gasteiger partial charge in [0.2, 0.25) is 0 Å². The number of anilines is 1. The maximum Gasteiger partial charge on any atom is 0.139 e. The largest absolute Gasteiger partial charge is 0.506 e. The van der Waals surface area contributed by atoms with Crippen LogP contribution in [0.1, 0.15) is 11.1 Å². The van der Waals surface area contributed by atoms with Crippen molar-refractivity contribution >= 4 is 44.8 Å². The van der Waals surface area contributed by atoms with Gasteiger partial charge in [0, 0.05) is 27.3 Å². The summed E-state index contributed by atoms with van der Waals surface area (Å²) in [5.74, 6) is 0.0577. The summed E-state index contributed by atoms with van der Waals surface area (Å²) in [6, 6.07) is 9.15. The molecule has 0 aliphatic rings. The first-order chi connectivity index (χ1) is 8.99. The minimum absolute atomic E-state index is 0.0577. The molecule has 0 unspecified atom stereocenters. The predicted octanol–water partition coefficient (Wildman–Crippen LogP) is 5.38. The van der Waals surface area contributed by atoms with Crippen molar-refractivity contribution in [1.29, 1.82) is 0 Å². The molecule has 100 valence electrons. The zero-order valence-electron chi connectivity index (χ0n) is 10.2. The van der Waals surface area contributed by atoms with Crippen LogP contribution in [0.15, 0.2) is 34.8 Å². The summed E-state index contributed by atoms with van der Waals surface area (Å²) in [5.41, 5.74) is 2.75. The number of phenolic OH excluding ortho intramolecular Hbond substituents is 1. The van der Waals surface area contributed by atoms with Gasteiger partial charge in [-0.25, -0.2) is 0 Å². The second-order valence-electron chi connectivity index (χ2n) is 4.19. The molecule has 0 bridgehead atoms. The molecule has 0 fully saturated rings. The van der Waals surface area contributed by atoms with Crippen LogP contribution in [-0.2, 0) is 6.54 Å². The highest BCUT2D eigenvalue weighted by Crippen LogP contribution is 2.32. The minimum atomic E-state index is 0.0577. The Morgan fingerprint density at radius 2 is 2.00 bits per heavy atom. The molecule has 5 heteroatoms. The fourth-order valence-electron chi connectivity index (χ4n) is 1.73. The fourth-order valence-corrected chi connectivity index (χ4v) is 2.67. The van der Waals surface area contributed by atoms with Crippen LogP contribution in [0.3, 0.4) is 0 Å². The van der Waals surface area contributed by atoms with Crippen LogP contribution < -0.4 is 5.32 Å². The number of hydrogen-bond acceptors (Lipinski definition) is 2. The Hall–Kier alpha value is -0.900. The molecule has 0 heterocycles. The fraction of sp³-hybridized carbons (Fsp3) is 0.143. The van der Waals surface area contributed by atoms with Crippen LogP contribution in [0.4, 0.5) is 5.69 Å². The average molecular weight is 361 g/mol. The van der Waals surface area contributed by atoms with Crippen molar-refractivity contribution in [1.82, 2.24) is 0 Å². The number of benzene rings is 2. The molecule has 2 aromatic carbocycles. The predicted molar refractivity (Wildman–Crippen MR) is 84.3 cm³/mol. The third kappa shape index (κ3) is 3.35. The van der Waals surface area contributed by atoms with Crippen molar-refractivity contribution in [2.24, 2.45) is 0 Å². The third-order valence-electron chi connectivity index (χ3n) is 2.77. The van der Waals surface area contributed by atoms with Crippen LogP contribution in [0, 0.1) is 6.92 Å². The van der Waals surface area contributed by atoms with E-state index in [1.54, 1.807) is 6.07 Å². The zero-order valence-corrected chi connectivity index (χ0v) is 13.3. The lowest BCUT2D eigenvalue weighted by Crippen LogP contribution is -2.01. The van der Waals surface area contributed by atoms with E-state index in [0.717, 1.165) is 15.7 Å². The van der Waals surface area contributed by atoms with Gasteiger partial charge in [0.15, 0.2) is 0 Å². The van der Waals surface area contributed by atoms with Gasteiger partial charge in [-0.3, -0.25) is 0 Å². The maximum absolute atomic E-state index is 9.88. The Morgan fingerprint density at radius 3 is 2.74 bits per heavy atom. The smallest absolute Gasteiger partial charge is 0.139 e. The highest BCUT2D eigenvalue weighted by molar-refractivity contribution is 9.10. The molecule has 2 rings (SSSR count). The first kappa shape index (κ1) is 14.5. The van der Waals surface area contributed by atoms with E-state index in [9.17, 15) is 5.11 Å². The van der Waals surface area contributed by atoms with Gasteiger partial charge in [-0.15, -0.1) is 0 Å². The zero-order chi connectivity index (χ0) is 14.0. The SMILES string of the molecule is Cc1cccc(NCc2cc(Cl)cc(Cl)c2O)c1Br. The Labute approximate surface area is 130 Å². The molecule has 0 saturated carbocycles. The number of phenols is 1. The Bertz CT molecular complexity index is 617. The lowest BCUT2D eigenvalue weighted by Gasteiger charge is -2.12. The summed E-state index contributed by atoms with van der Waals surface area (Å²) in [6.07, 6.45) is 0. The standard InChI is InChI=1S/C14H12BrCl2NO/c1-8-3-2-4-12(13(8)15)18-7-9-5-10(16)6-11(17)14(9)19/h2-6,18-19H,7H2,1H3. The average Bonchev–Trinajstić information content (AvgIpc) is 2.36. The summed E-state index contributed by atoms with van der Waals surface area (Å²) in [6.45, 7) is 2.46. The highest BCUT2D eigenvalue weighted by atomic mass is 79.9. The van der Waals surface area contributed by atoms with Gasteiger partial charge in [-0.2, -0.15) is 0 Å². The van der Waals surface area contributed by atoms with E-state index in [-0.39, 0.29) is 10.8 Å². The molecule has 19 heavy (non-hydrogen) atoms. The van der Waals surface area contributed by atoms with Crippen LogP contribution in [0.5, 0.6) is 5.75 Å². The minimum Gasteiger partial charge on any atom is -0.506 e. The van der Waals surface area contributed by atoms with Crippen molar-refractivity contribution in [3.8, 4) is 5.75 Å². The molecule has 2 N–H and O–H groups in total. The first-order valence-corrected chi connectivity index (χ1v) is 7.20. The van der Waals surface area contributed by atoms with Gasteiger partial charge in [-0.05, 0) is 46.6 Å². The summed E-state index contributed by atoms with van der Waals surface area (Å²) in [4.78, 5) is 0. The maximum atomic E-state index is 9.88. The summed E-state index contributed by atoms with van der Waals surface area (Å²) in [5, 5.41) is 13.9. The summed E-state index contributed by atoms with van der Waals surface area (Å²) >= 11 is 15.3. The number of rotatable bonds is 3. The van der Waals surface area contributed by atoms with Gasteiger partial charge >= 0.3 is 0 Å². The normalized spacial score (nSPS) is 10.5. The Morgan fingerprint density at radius 1 is 1.26 bits per heavy atom. The van der Waals surface area contributed by atoms with Gasteiger partial charge in [-0.1, -0.05) is 35.3 Å². The van der Waals surface area contributed by atoms with E-state index < -0.39 is 0 Å². The number of aromatic hydroxyl groups is 1. The molecule has 0 saturated heterocycles. The van der Waals surface area contributed by atoms with Crippen LogP contribution in [-0.4, -0.2) is 5.11 Å². The number of halogens is 3. The van der Waals surface area contributed by atoms with Crippen molar-refractivity contribution < 1.29 is 5.11 Å². The number of aryl methyl sites for hydroxylation is 1. The monoisotopic (exact) mass is 359 g/mol. The molecule has 0 radical (unpaired) electrons. The van der Waals surface area contributed by atoms with Crippen LogP contribution in [0.2, 0.25) is 10.0 Å². The molecular weight excluding hydrogens is 349 g/mol. The van der Waals surface area contributed by atoms with Crippen molar-refractivity contribution in [3.05, 3.63) is 56.0 Å². The van der Waals surface area contributed by atoms with Crippen LogP contribution >= 0.6 is 39.1 Å². The van der Waals surface area contributed by atoms with E-state index in [2.05, 4.69) is 21.2 Å². The molecule has 0 aliphatic carbocycles. The molecule has 0 aromatic heterocycles. The molecule has 0 aliphatic heterocycles. The molecule has 2 nitrogen and oxygen atoms in total. The van der Waals surface area contributed by atoms with E-state index >= 15 is 0 Å². The van der Waals surface area contributed by atoms with Crippen molar-refractivity contribution in [2.75, 3.05) is 5.32 Å². The molecule has 0 atom stereocenters. The second kappa shape index (κ2) is 6.04. The quantitative estimate of drug-likeness (QED) is 0.769. The molecular formula is C14H12BrCl2NO. The van der Waals surface area contributed by atoms with Gasteiger partial charge in [0.25, 0.3) is 0 Å². The van der Waals surface area contributed by atoms with Crippen molar-refractivity contribution in [3.63, 3.8) is 0 Å². The van der Waals surface area contributed by atoms with Gasteiger partial charge in [0.1, 0.15) is 5.75 Å². The molecule has 0 spiro atoms. The molecule has 0 amide bonds. The van der Waals surface area contributed by atoms with Crippen LogP contribution in [0.25, 0.3) is 0 Å². The second-order valence-corrected chi connectivity index (χ2v) is 5.82. The summed E-state index contributed by atoms with van der Waals surface area (Å²) < 4.78 is 1.00. The lowest BCUT2D eigenvalue weighted by molar-refractivity contribution is 0.469. The van der Waals surface area contributed by atoms with E-state index in [1.165, 1.54) is 6.07 Å². The summed E-state index contributed by atoms with van der Waals surface area (Å²) in [7, 11) is 0. The Kier molecular flexibility index (Phi) is 4.61. The molecule has 2 aromatic rings. The lowest BCUT2D eigenvalue weighted by atomic mass is 10.2. The van der Waals surface area contributed by atoms with E-state index in [4.69, 9.17) is 23.2 Å². The van der Waals surface area contributed by atoms with E-state index in [1.807, 2.05) is 25.1 Å². The Balaban J connectivity index is 2.21. The van der Waals surface area contributed by atoms with Gasteiger partial charge < -0.3 is 10.4 Å².